The SMILES string of the molecule is [CH2-]C.[O]=[Ni]. The Morgan fingerprint density at radius 3 is 1.50 bits per heavy atom. The van der Waals surface area contributed by atoms with Gasteiger partial charge >= 0.3 is 19.3 Å². The van der Waals surface area contributed by atoms with E-state index in [4.69, 9.17) is 3.90 Å². The van der Waals surface area contributed by atoms with E-state index < -0.39 is 0 Å². The molecule has 0 aliphatic rings. The van der Waals surface area contributed by atoms with Gasteiger partial charge in [0, 0.05) is 0 Å². The zero-order valence-electron chi connectivity index (χ0n) is 2.43. The first kappa shape index (κ1) is 8.85. The first-order chi connectivity index (χ1) is 2.00. The van der Waals surface area contributed by atoms with Crippen LogP contribution in [0.5, 0.6) is 0 Å². The molecule has 0 unspecified atom stereocenters. The van der Waals surface area contributed by atoms with Crippen molar-refractivity contribution in [2.45, 2.75) is 6.92 Å². The van der Waals surface area contributed by atoms with Crippen LogP contribution in [-0.4, -0.2) is 0 Å². The molecule has 1 nitrogen and oxygen atoms in total. The average molecular weight is 104 g/mol. The monoisotopic (exact) mass is 103 g/mol. The molecule has 0 saturated carbocycles. The van der Waals surface area contributed by atoms with Gasteiger partial charge in [-0.15, -0.1) is 0 Å². The predicted octanol–water partition coefficient (Wildman–Crippen LogP) is 0.719. The van der Waals surface area contributed by atoms with E-state index in [1.54, 1.807) is 6.92 Å². The molecular weight excluding hydrogens is 98.7 g/mol. The maximum atomic E-state index is 7.88. The topological polar surface area (TPSA) is 17.1 Å². The first-order valence-electron chi connectivity index (χ1n) is 0.836. The van der Waals surface area contributed by atoms with Gasteiger partial charge in [-0.25, -0.2) is 0 Å². The third-order valence-electron chi connectivity index (χ3n) is 0. The molecule has 0 amide bonds. The Kier molecular flexibility index (Phi) is 445. The summed E-state index contributed by atoms with van der Waals surface area (Å²) in [7, 11) is 0. The molecule has 0 fully saturated rings. The van der Waals surface area contributed by atoms with Crippen LogP contribution in [0.1, 0.15) is 6.92 Å². The van der Waals surface area contributed by atoms with Crippen LogP contribution in [0.3, 0.4) is 0 Å². The van der Waals surface area contributed by atoms with Crippen molar-refractivity contribution in [2.24, 2.45) is 0 Å². The fourth-order valence-corrected chi connectivity index (χ4v) is 0. The van der Waals surface area contributed by atoms with Crippen molar-refractivity contribution in [3.63, 3.8) is 0 Å². The van der Waals surface area contributed by atoms with Gasteiger partial charge in [-0.2, -0.15) is 6.92 Å². The van der Waals surface area contributed by atoms with Gasteiger partial charge < -0.3 is 6.92 Å². The number of hydrogen-bond donors (Lipinski definition) is 0. The van der Waals surface area contributed by atoms with Gasteiger partial charge in [-0.05, 0) is 0 Å². The third kappa shape index (κ3) is 44.5. The molecule has 0 rings (SSSR count). The van der Waals surface area contributed by atoms with Gasteiger partial charge in [-0.1, -0.05) is 0 Å². The minimum atomic E-state index is 1.75. The second-order valence-corrected chi connectivity index (χ2v) is 0. The molecule has 4 heavy (non-hydrogen) atoms. The fraction of sp³-hybridized carbons (Fsp3) is 0.500. The van der Waals surface area contributed by atoms with Crippen LogP contribution in [0.2, 0.25) is 0 Å². The summed E-state index contributed by atoms with van der Waals surface area (Å²) < 4.78 is 7.88. The van der Waals surface area contributed by atoms with E-state index in [1.165, 1.54) is 0 Å². The average Bonchev–Trinajstić information content (AvgIpc) is 1.50. The summed E-state index contributed by atoms with van der Waals surface area (Å²) in [6.07, 6.45) is 0. The second kappa shape index (κ2) is 201. The zero-order chi connectivity index (χ0) is 4.00. The molecule has 0 aromatic heterocycles. The van der Waals surface area contributed by atoms with Crippen molar-refractivity contribution < 1.29 is 19.3 Å². The Labute approximate surface area is 34.0 Å². The molecule has 0 radical (unpaired) electrons. The second-order valence-electron chi connectivity index (χ2n) is 0. The normalized spacial score (nSPS) is 3.00. The molecule has 0 spiro atoms. The van der Waals surface area contributed by atoms with Crippen molar-refractivity contribution in [2.75, 3.05) is 0 Å². The van der Waals surface area contributed by atoms with Gasteiger partial charge in [0.2, 0.25) is 0 Å². The van der Waals surface area contributed by atoms with Crippen molar-refractivity contribution in [3.8, 4) is 0 Å². The summed E-state index contributed by atoms with van der Waals surface area (Å²) >= 11 is 2.62. The quantitative estimate of drug-likeness (QED) is 0.326. The van der Waals surface area contributed by atoms with Crippen LogP contribution in [0.4, 0.5) is 0 Å². The van der Waals surface area contributed by atoms with Gasteiger partial charge in [0.05, 0.1) is 0 Å². The third-order valence-corrected chi connectivity index (χ3v) is 0. The maximum absolute atomic E-state index is 7.88. The predicted molar refractivity (Wildman–Crippen MR) is 11.7 cm³/mol. The van der Waals surface area contributed by atoms with E-state index in [2.05, 4.69) is 22.3 Å². The summed E-state index contributed by atoms with van der Waals surface area (Å²) in [5, 5.41) is 0. The molecule has 0 bridgehead atoms. The Balaban J connectivity index is 0. The van der Waals surface area contributed by atoms with E-state index in [-0.39, 0.29) is 0 Å². The van der Waals surface area contributed by atoms with Crippen molar-refractivity contribution in [1.29, 1.82) is 0 Å². The summed E-state index contributed by atoms with van der Waals surface area (Å²) in [6.45, 7) is 5.00. The van der Waals surface area contributed by atoms with E-state index in [1.807, 2.05) is 0 Å². The van der Waals surface area contributed by atoms with Crippen LogP contribution in [0, 0.1) is 6.92 Å². The Morgan fingerprint density at radius 1 is 1.50 bits per heavy atom. The minimum absolute atomic E-state index is 1.75. The van der Waals surface area contributed by atoms with Crippen LogP contribution in [0.25, 0.3) is 0 Å². The van der Waals surface area contributed by atoms with Gasteiger partial charge in [-0.3, -0.25) is 0 Å². The summed E-state index contributed by atoms with van der Waals surface area (Å²) in [5.74, 6) is 0. The first-order valence-corrected chi connectivity index (χ1v) is 1.24. The van der Waals surface area contributed by atoms with Crippen LogP contribution < -0.4 is 0 Å². The molecule has 0 heterocycles. The van der Waals surface area contributed by atoms with E-state index in [0.717, 1.165) is 0 Å². The molecule has 30 valence electrons. The van der Waals surface area contributed by atoms with Crippen LogP contribution in [-0.2, 0) is 19.3 Å². The van der Waals surface area contributed by atoms with E-state index in [0.29, 0.717) is 0 Å². The van der Waals surface area contributed by atoms with Gasteiger partial charge in [0.15, 0.2) is 0 Å². The molecule has 2 heteroatoms. The summed E-state index contributed by atoms with van der Waals surface area (Å²) in [4.78, 5) is 0. The fourth-order valence-electron chi connectivity index (χ4n) is 0. The van der Waals surface area contributed by atoms with Gasteiger partial charge in [0.25, 0.3) is 0 Å². The molecule has 0 saturated heterocycles. The van der Waals surface area contributed by atoms with E-state index in [9.17, 15) is 0 Å². The molecule has 0 aliphatic carbocycles. The molecule has 0 aromatic carbocycles. The van der Waals surface area contributed by atoms with Crippen molar-refractivity contribution in [1.82, 2.24) is 0 Å². The molecule has 0 aliphatic heterocycles. The summed E-state index contributed by atoms with van der Waals surface area (Å²) in [5.41, 5.74) is 0. The Bertz CT molecular complexity index is 6.00. The number of hydrogen-bond acceptors (Lipinski definition) is 1. The Morgan fingerprint density at radius 2 is 1.50 bits per heavy atom. The van der Waals surface area contributed by atoms with Crippen LogP contribution >= 0.6 is 0 Å². The van der Waals surface area contributed by atoms with E-state index >= 15 is 0 Å². The number of rotatable bonds is 0. The standard InChI is InChI=1S/C2H5.Ni.O/c1-2;;/h1H2,2H3;;/q-1;;. The molecular formula is C2H5NiO-. The zero-order valence-corrected chi connectivity index (χ0v) is 3.42. The van der Waals surface area contributed by atoms with Crippen molar-refractivity contribution >= 4 is 0 Å². The molecule has 0 N–H and O–H groups in total. The molecule has 0 aromatic rings. The van der Waals surface area contributed by atoms with Gasteiger partial charge in [0.1, 0.15) is 0 Å². The molecule has 0 atom stereocenters. The summed E-state index contributed by atoms with van der Waals surface area (Å²) in [6, 6.07) is 0. The van der Waals surface area contributed by atoms with Crippen LogP contribution in [0.15, 0.2) is 0 Å². The Hall–Kier alpha value is 0.294. The van der Waals surface area contributed by atoms with Crippen molar-refractivity contribution in [3.05, 3.63) is 6.92 Å².